The highest BCUT2D eigenvalue weighted by Crippen LogP contribution is 2.26. The van der Waals surface area contributed by atoms with Crippen molar-refractivity contribution in [2.75, 3.05) is 13.0 Å². The van der Waals surface area contributed by atoms with Gasteiger partial charge in [0.15, 0.2) is 0 Å². The molecule has 0 saturated heterocycles. The van der Waals surface area contributed by atoms with Crippen LogP contribution >= 0.6 is 11.6 Å². The van der Waals surface area contributed by atoms with Gasteiger partial charge in [-0.25, -0.2) is 0 Å². The van der Waals surface area contributed by atoms with E-state index in [1.807, 2.05) is 19.1 Å². The van der Waals surface area contributed by atoms with E-state index in [2.05, 4.69) is 17.9 Å². The fourth-order valence-corrected chi connectivity index (χ4v) is 2.66. The summed E-state index contributed by atoms with van der Waals surface area (Å²) < 4.78 is 11.5. The van der Waals surface area contributed by atoms with Crippen LogP contribution in [0.2, 0.25) is 0 Å². The predicted molar refractivity (Wildman–Crippen MR) is 82.5 cm³/mol. The average molecular weight is 293 g/mol. The molecule has 1 aromatic carbocycles. The first kappa shape index (κ1) is 15.2. The highest BCUT2D eigenvalue weighted by Gasteiger charge is 2.23. The fourth-order valence-electron chi connectivity index (χ4n) is 2.59. The zero-order valence-electron chi connectivity index (χ0n) is 12.1. The number of methoxy groups -OCH3 is 1. The highest BCUT2D eigenvalue weighted by atomic mass is 35.5. The standard InChI is InChI=1S/C17H21ClO2/c1-13-11-17(9-8-14(13)5-4-10-18)20-16-7-3-6-15(12-16)19-2/h8-9,11,15-16H,3,6-7,10,12H2,1-2H3. The summed E-state index contributed by atoms with van der Waals surface area (Å²) in [5.74, 6) is 7.21. The van der Waals surface area contributed by atoms with E-state index in [0.29, 0.717) is 12.0 Å². The summed E-state index contributed by atoms with van der Waals surface area (Å²) in [5.41, 5.74) is 2.13. The summed E-state index contributed by atoms with van der Waals surface area (Å²) in [6.07, 6.45) is 4.98. The number of benzene rings is 1. The van der Waals surface area contributed by atoms with Crippen LogP contribution in [0.1, 0.15) is 36.8 Å². The van der Waals surface area contributed by atoms with E-state index >= 15 is 0 Å². The maximum Gasteiger partial charge on any atom is 0.120 e. The first-order chi connectivity index (χ1) is 9.72. The Labute approximate surface area is 126 Å². The van der Waals surface area contributed by atoms with Gasteiger partial charge in [-0.2, -0.15) is 0 Å². The molecule has 0 spiro atoms. The van der Waals surface area contributed by atoms with Crippen molar-refractivity contribution in [1.82, 2.24) is 0 Å². The summed E-state index contributed by atoms with van der Waals surface area (Å²) in [6, 6.07) is 6.04. The molecule has 2 nitrogen and oxygen atoms in total. The Kier molecular flexibility index (Phi) is 5.76. The van der Waals surface area contributed by atoms with Crippen LogP contribution in [0.4, 0.5) is 0 Å². The predicted octanol–water partition coefficient (Wildman–Crippen LogP) is 3.92. The molecule has 1 aliphatic rings. The molecule has 2 atom stereocenters. The number of ether oxygens (including phenoxy) is 2. The van der Waals surface area contributed by atoms with Gasteiger partial charge in [-0.3, -0.25) is 0 Å². The molecule has 108 valence electrons. The van der Waals surface area contributed by atoms with Crippen molar-refractivity contribution in [1.29, 1.82) is 0 Å². The fraction of sp³-hybridized carbons (Fsp3) is 0.529. The van der Waals surface area contributed by atoms with Gasteiger partial charge in [0.05, 0.1) is 12.0 Å². The molecule has 3 heteroatoms. The third-order valence-electron chi connectivity index (χ3n) is 3.70. The third kappa shape index (κ3) is 4.16. The molecular formula is C17H21ClO2. The van der Waals surface area contributed by atoms with E-state index in [1.165, 1.54) is 6.42 Å². The van der Waals surface area contributed by atoms with Crippen LogP contribution in [0.15, 0.2) is 18.2 Å². The molecule has 20 heavy (non-hydrogen) atoms. The smallest absolute Gasteiger partial charge is 0.120 e. The van der Waals surface area contributed by atoms with E-state index in [4.69, 9.17) is 21.1 Å². The molecule has 0 aliphatic heterocycles. The van der Waals surface area contributed by atoms with Crippen molar-refractivity contribution in [3.8, 4) is 17.6 Å². The molecule has 0 amide bonds. The summed E-state index contributed by atoms with van der Waals surface area (Å²) >= 11 is 5.58. The Morgan fingerprint density at radius 2 is 2.10 bits per heavy atom. The van der Waals surface area contributed by atoms with Gasteiger partial charge >= 0.3 is 0 Å². The van der Waals surface area contributed by atoms with E-state index in [9.17, 15) is 0 Å². The SMILES string of the molecule is COC1CCCC(Oc2ccc(C#CCCl)c(C)c2)C1. The lowest BCUT2D eigenvalue weighted by atomic mass is 9.95. The monoisotopic (exact) mass is 292 g/mol. The largest absolute Gasteiger partial charge is 0.490 e. The Hall–Kier alpha value is -1.17. The van der Waals surface area contributed by atoms with Gasteiger partial charge in [0.1, 0.15) is 11.9 Å². The van der Waals surface area contributed by atoms with Crippen LogP contribution in [-0.2, 0) is 4.74 Å². The summed E-state index contributed by atoms with van der Waals surface area (Å²) in [4.78, 5) is 0. The Bertz CT molecular complexity index is 501. The van der Waals surface area contributed by atoms with Crippen molar-refractivity contribution >= 4 is 11.6 Å². The maximum absolute atomic E-state index is 6.07. The molecule has 1 aliphatic carbocycles. The molecule has 0 heterocycles. The maximum atomic E-state index is 6.07. The summed E-state index contributed by atoms with van der Waals surface area (Å²) in [7, 11) is 1.78. The van der Waals surface area contributed by atoms with Crippen molar-refractivity contribution in [3.63, 3.8) is 0 Å². The van der Waals surface area contributed by atoms with Gasteiger partial charge in [-0.1, -0.05) is 11.8 Å². The zero-order chi connectivity index (χ0) is 14.4. The second kappa shape index (κ2) is 7.57. The van der Waals surface area contributed by atoms with Gasteiger partial charge < -0.3 is 9.47 Å². The number of aryl methyl sites for hydroxylation is 1. The van der Waals surface area contributed by atoms with E-state index in [0.717, 1.165) is 36.1 Å². The summed E-state index contributed by atoms with van der Waals surface area (Å²) in [5, 5.41) is 0. The van der Waals surface area contributed by atoms with E-state index in [1.54, 1.807) is 7.11 Å². The molecular weight excluding hydrogens is 272 g/mol. The van der Waals surface area contributed by atoms with Crippen molar-refractivity contribution in [2.24, 2.45) is 0 Å². The number of alkyl halides is 1. The lowest BCUT2D eigenvalue weighted by Gasteiger charge is -2.28. The van der Waals surface area contributed by atoms with Crippen molar-refractivity contribution < 1.29 is 9.47 Å². The second-order valence-electron chi connectivity index (χ2n) is 5.18. The second-order valence-corrected chi connectivity index (χ2v) is 5.44. The quantitative estimate of drug-likeness (QED) is 0.621. The minimum Gasteiger partial charge on any atom is -0.490 e. The van der Waals surface area contributed by atoms with Crippen LogP contribution < -0.4 is 4.74 Å². The molecule has 0 radical (unpaired) electrons. The molecule has 2 unspecified atom stereocenters. The van der Waals surface area contributed by atoms with Gasteiger partial charge in [-0.15, -0.1) is 11.6 Å². The highest BCUT2D eigenvalue weighted by molar-refractivity contribution is 6.19. The topological polar surface area (TPSA) is 18.5 Å². The Balaban J connectivity index is 2.01. The van der Waals surface area contributed by atoms with Crippen LogP contribution in [0.25, 0.3) is 0 Å². The number of hydrogen-bond donors (Lipinski definition) is 0. The van der Waals surface area contributed by atoms with Gasteiger partial charge in [0, 0.05) is 19.1 Å². The number of halogens is 1. The molecule has 1 saturated carbocycles. The number of rotatable bonds is 3. The molecule has 1 fully saturated rings. The van der Waals surface area contributed by atoms with Gasteiger partial charge in [-0.05, 0) is 49.9 Å². The molecule has 2 rings (SSSR count). The lowest BCUT2D eigenvalue weighted by molar-refractivity contribution is 0.0209. The zero-order valence-corrected chi connectivity index (χ0v) is 12.9. The van der Waals surface area contributed by atoms with Crippen LogP contribution in [0, 0.1) is 18.8 Å². The molecule has 1 aromatic rings. The first-order valence-electron chi connectivity index (χ1n) is 7.08. The van der Waals surface area contributed by atoms with E-state index < -0.39 is 0 Å². The Morgan fingerprint density at radius 3 is 2.80 bits per heavy atom. The Morgan fingerprint density at radius 1 is 1.30 bits per heavy atom. The molecule has 0 aromatic heterocycles. The minimum absolute atomic E-state index is 0.257. The normalized spacial score (nSPS) is 21.9. The summed E-state index contributed by atoms with van der Waals surface area (Å²) in [6.45, 7) is 2.05. The minimum atomic E-state index is 0.257. The third-order valence-corrected chi connectivity index (χ3v) is 3.84. The van der Waals surface area contributed by atoms with Crippen molar-refractivity contribution in [2.45, 2.75) is 44.8 Å². The van der Waals surface area contributed by atoms with Crippen LogP contribution in [0.3, 0.4) is 0 Å². The van der Waals surface area contributed by atoms with Gasteiger partial charge in [0.25, 0.3) is 0 Å². The number of hydrogen-bond acceptors (Lipinski definition) is 2. The van der Waals surface area contributed by atoms with E-state index in [-0.39, 0.29) is 6.10 Å². The molecule has 0 bridgehead atoms. The average Bonchev–Trinajstić information content (AvgIpc) is 2.47. The van der Waals surface area contributed by atoms with Crippen LogP contribution in [0.5, 0.6) is 5.75 Å². The lowest BCUT2D eigenvalue weighted by Crippen LogP contribution is -2.29. The molecule has 0 N–H and O–H groups in total. The van der Waals surface area contributed by atoms with Gasteiger partial charge in [0.2, 0.25) is 0 Å². The van der Waals surface area contributed by atoms with Crippen LogP contribution in [-0.4, -0.2) is 25.2 Å². The van der Waals surface area contributed by atoms with Crippen molar-refractivity contribution in [3.05, 3.63) is 29.3 Å². The first-order valence-corrected chi connectivity index (χ1v) is 7.61.